The lowest BCUT2D eigenvalue weighted by Crippen LogP contribution is -2.24. The lowest BCUT2D eigenvalue weighted by atomic mass is 10.2. The zero-order chi connectivity index (χ0) is 23.0. The van der Waals surface area contributed by atoms with Gasteiger partial charge in [-0.2, -0.15) is 5.10 Å². The van der Waals surface area contributed by atoms with Crippen LogP contribution in [-0.2, 0) is 11.8 Å². The molecule has 0 radical (unpaired) electrons. The SMILES string of the molecule is Cc1cc(NC(=O)CSc2nc3ccc(Cl)cc3c(=O)n2-c2ccc(F)cc2F)n(C)n1. The molecule has 0 saturated carbocycles. The zero-order valence-electron chi connectivity index (χ0n) is 16.9. The number of anilines is 1. The van der Waals surface area contributed by atoms with Crippen molar-refractivity contribution in [2.45, 2.75) is 12.1 Å². The van der Waals surface area contributed by atoms with Crippen LogP contribution in [0.15, 0.2) is 52.4 Å². The fourth-order valence-corrected chi connectivity index (χ4v) is 4.12. The van der Waals surface area contributed by atoms with Gasteiger partial charge in [-0.3, -0.25) is 18.8 Å². The van der Waals surface area contributed by atoms with E-state index in [1.54, 1.807) is 32.2 Å². The minimum atomic E-state index is -0.938. The second-order valence-corrected chi connectivity index (χ2v) is 8.30. The molecule has 0 fully saturated rings. The van der Waals surface area contributed by atoms with Gasteiger partial charge in [0.05, 0.1) is 28.0 Å². The summed E-state index contributed by atoms with van der Waals surface area (Å²) in [7, 11) is 1.70. The van der Waals surface area contributed by atoms with E-state index in [1.807, 2.05) is 0 Å². The molecule has 0 atom stereocenters. The van der Waals surface area contributed by atoms with Crippen molar-refractivity contribution in [3.8, 4) is 5.69 Å². The summed E-state index contributed by atoms with van der Waals surface area (Å²) >= 11 is 6.95. The highest BCUT2D eigenvalue weighted by Crippen LogP contribution is 2.25. The number of rotatable bonds is 5. The van der Waals surface area contributed by atoms with Gasteiger partial charge in [0, 0.05) is 24.2 Å². The summed E-state index contributed by atoms with van der Waals surface area (Å²) in [4.78, 5) is 30.1. The van der Waals surface area contributed by atoms with Gasteiger partial charge < -0.3 is 5.32 Å². The number of nitrogens with one attached hydrogen (secondary N) is 1. The molecule has 0 spiro atoms. The molecule has 164 valence electrons. The number of amides is 1. The normalized spacial score (nSPS) is 11.2. The molecule has 1 amide bonds. The minimum absolute atomic E-state index is 0.0756. The maximum absolute atomic E-state index is 14.6. The van der Waals surface area contributed by atoms with Gasteiger partial charge in [-0.15, -0.1) is 0 Å². The minimum Gasteiger partial charge on any atom is -0.310 e. The van der Waals surface area contributed by atoms with E-state index in [1.165, 1.54) is 10.7 Å². The van der Waals surface area contributed by atoms with Gasteiger partial charge in [0.25, 0.3) is 5.56 Å². The van der Waals surface area contributed by atoms with E-state index >= 15 is 0 Å². The Morgan fingerprint density at radius 1 is 1.19 bits per heavy atom. The molecule has 0 aliphatic carbocycles. The molecule has 1 N–H and O–H groups in total. The Morgan fingerprint density at radius 3 is 2.66 bits per heavy atom. The third-order valence-corrected chi connectivity index (χ3v) is 5.73. The van der Waals surface area contributed by atoms with Crippen molar-refractivity contribution in [3.63, 3.8) is 0 Å². The first-order chi connectivity index (χ1) is 15.2. The summed E-state index contributed by atoms with van der Waals surface area (Å²) in [6.45, 7) is 1.80. The largest absolute Gasteiger partial charge is 0.310 e. The molecule has 4 rings (SSSR count). The molecule has 0 aliphatic rings. The molecule has 0 unspecified atom stereocenters. The molecule has 0 saturated heterocycles. The van der Waals surface area contributed by atoms with Crippen LogP contribution in [0.1, 0.15) is 5.69 Å². The number of halogens is 3. The van der Waals surface area contributed by atoms with Crippen LogP contribution in [-0.4, -0.2) is 31.0 Å². The van der Waals surface area contributed by atoms with Crippen molar-refractivity contribution in [2.24, 2.45) is 7.05 Å². The molecule has 32 heavy (non-hydrogen) atoms. The first-order valence-electron chi connectivity index (χ1n) is 9.34. The summed E-state index contributed by atoms with van der Waals surface area (Å²) in [6.07, 6.45) is 0. The number of aromatic nitrogens is 4. The molecule has 7 nitrogen and oxygen atoms in total. The van der Waals surface area contributed by atoms with Gasteiger partial charge in [-0.1, -0.05) is 23.4 Å². The van der Waals surface area contributed by atoms with Crippen molar-refractivity contribution in [3.05, 3.63) is 75.2 Å². The highest BCUT2D eigenvalue weighted by molar-refractivity contribution is 7.99. The van der Waals surface area contributed by atoms with Gasteiger partial charge in [0.2, 0.25) is 5.91 Å². The predicted octanol–water partition coefficient (Wildman–Crippen LogP) is 4.09. The number of hydrogen-bond donors (Lipinski definition) is 1. The Hall–Kier alpha value is -3.24. The smallest absolute Gasteiger partial charge is 0.266 e. The standard InChI is InChI=1S/C21H16ClF2N5O2S/c1-11-7-18(28(2)27-11)26-19(30)10-32-21-25-16-5-3-12(22)8-14(16)20(31)29(21)17-6-4-13(23)9-15(17)24/h3-9H,10H2,1-2H3,(H,26,30). The average Bonchev–Trinajstić information content (AvgIpc) is 3.04. The second-order valence-electron chi connectivity index (χ2n) is 6.92. The van der Waals surface area contributed by atoms with E-state index < -0.39 is 17.2 Å². The van der Waals surface area contributed by atoms with Crippen molar-refractivity contribution < 1.29 is 13.6 Å². The van der Waals surface area contributed by atoms with Crippen molar-refractivity contribution in [2.75, 3.05) is 11.1 Å². The number of fused-ring (bicyclic) bond motifs is 1. The monoisotopic (exact) mass is 475 g/mol. The molecular formula is C21H16ClF2N5O2S. The van der Waals surface area contributed by atoms with Gasteiger partial charge in [0.15, 0.2) is 5.16 Å². The summed E-state index contributed by atoms with van der Waals surface area (Å²) in [5, 5.41) is 7.44. The molecule has 2 aromatic carbocycles. The number of benzene rings is 2. The number of carbonyl (C=O) groups is 1. The highest BCUT2D eigenvalue weighted by Gasteiger charge is 2.18. The van der Waals surface area contributed by atoms with Crippen molar-refractivity contribution >= 4 is 46.0 Å². The number of nitrogens with zero attached hydrogens (tertiary/aromatic N) is 4. The van der Waals surface area contributed by atoms with Gasteiger partial charge in [0.1, 0.15) is 17.5 Å². The van der Waals surface area contributed by atoms with E-state index in [0.29, 0.717) is 22.4 Å². The quantitative estimate of drug-likeness (QED) is 0.347. The molecule has 0 bridgehead atoms. The number of hydrogen-bond acceptors (Lipinski definition) is 5. The van der Waals surface area contributed by atoms with Crippen LogP contribution in [0.5, 0.6) is 0 Å². The van der Waals surface area contributed by atoms with Gasteiger partial charge in [-0.25, -0.2) is 13.8 Å². The average molecular weight is 476 g/mol. The maximum Gasteiger partial charge on any atom is 0.266 e. The van der Waals surface area contributed by atoms with Crippen LogP contribution in [0.3, 0.4) is 0 Å². The third kappa shape index (κ3) is 4.37. The lowest BCUT2D eigenvalue weighted by molar-refractivity contribution is -0.113. The number of aryl methyl sites for hydroxylation is 2. The Kier molecular flexibility index (Phi) is 5.98. The fourth-order valence-electron chi connectivity index (χ4n) is 3.15. The fraction of sp³-hybridized carbons (Fsp3) is 0.143. The van der Waals surface area contributed by atoms with E-state index in [0.717, 1.165) is 34.2 Å². The van der Waals surface area contributed by atoms with Gasteiger partial charge >= 0.3 is 0 Å². The van der Waals surface area contributed by atoms with E-state index in [-0.39, 0.29) is 27.9 Å². The predicted molar refractivity (Wildman–Crippen MR) is 120 cm³/mol. The molecule has 2 heterocycles. The maximum atomic E-state index is 14.6. The summed E-state index contributed by atoms with van der Waals surface area (Å²) in [6, 6.07) is 9.14. The Balaban J connectivity index is 1.74. The van der Waals surface area contributed by atoms with E-state index in [4.69, 9.17) is 11.6 Å². The van der Waals surface area contributed by atoms with Crippen LogP contribution in [0.2, 0.25) is 5.02 Å². The summed E-state index contributed by atoms with van der Waals surface area (Å²) in [5.41, 5.74) is 0.304. The van der Waals surface area contributed by atoms with Crippen molar-refractivity contribution in [1.29, 1.82) is 0 Å². The highest BCUT2D eigenvalue weighted by atomic mass is 35.5. The summed E-state index contributed by atoms with van der Waals surface area (Å²) < 4.78 is 30.5. The van der Waals surface area contributed by atoms with Crippen molar-refractivity contribution in [1.82, 2.24) is 19.3 Å². The zero-order valence-corrected chi connectivity index (χ0v) is 18.5. The Morgan fingerprint density at radius 2 is 1.97 bits per heavy atom. The van der Waals surface area contributed by atoms with Crippen LogP contribution >= 0.6 is 23.4 Å². The molecule has 2 aromatic heterocycles. The second kappa shape index (κ2) is 8.71. The Labute approximate surface area is 190 Å². The van der Waals surface area contributed by atoms with Gasteiger partial charge in [-0.05, 0) is 37.3 Å². The van der Waals surface area contributed by atoms with E-state index in [2.05, 4.69) is 15.4 Å². The first kappa shape index (κ1) is 22.0. The van der Waals surface area contributed by atoms with Crippen LogP contribution in [0.25, 0.3) is 16.6 Å². The third-order valence-electron chi connectivity index (χ3n) is 4.55. The van der Waals surface area contributed by atoms with Crippen LogP contribution in [0.4, 0.5) is 14.6 Å². The summed E-state index contributed by atoms with van der Waals surface area (Å²) in [5.74, 6) is -1.69. The van der Waals surface area contributed by atoms with E-state index in [9.17, 15) is 18.4 Å². The molecule has 11 heteroatoms. The topological polar surface area (TPSA) is 81.8 Å². The number of carbonyl (C=O) groups excluding carboxylic acids is 1. The van der Waals surface area contributed by atoms with Crippen LogP contribution in [0, 0.1) is 18.6 Å². The first-order valence-corrected chi connectivity index (χ1v) is 10.7. The molecule has 4 aromatic rings. The number of thioether (sulfide) groups is 1. The van der Waals surface area contributed by atoms with Crippen LogP contribution < -0.4 is 10.9 Å². The molecule has 0 aliphatic heterocycles. The lowest BCUT2D eigenvalue weighted by Gasteiger charge is -2.14. The Bertz CT molecular complexity index is 1420. The molecular weight excluding hydrogens is 460 g/mol.